The van der Waals surface area contributed by atoms with Gasteiger partial charge in [0, 0.05) is 6.20 Å². The lowest BCUT2D eigenvalue weighted by atomic mass is 10.3. The molecule has 0 radical (unpaired) electrons. The number of ether oxygens (including phenoxy) is 1. The van der Waals surface area contributed by atoms with Gasteiger partial charge in [-0.05, 0) is 25.1 Å². The number of nitrogens with zero attached hydrogens (tertiary/aromatic N) is 4. The van der Waals surface area contributed by atoms with Gasteiger partial charge in [0.05, 0.1) is 17.9 Å². The van der Waals surface area contributed by atoms with E-state index in [0.29, 0.717) is 24.6 Å². The van der Waals surface area contributed by atoms with Crippen LogP contribution in [0.1, 0.15) is 5.69 Å². The number of benzene rings is 1. The van der Waals surface area contributed by atoms with Gasteiger partial charge in [-0.3, -0.25) is 15.5 Å². The largest absolute Gasteiger partial charge is 0.489 e. The summed E-state index contributed by atoms with van der Waals surface area (Å²) in [6.45, 7) is 2.97. The zero-order valence-corrected chi connectivity index (χ0v) is 12.7. The lowest BCUT2D eigenvalue weighted by molar-refractivity contribution is 0.292. The minimum atomic E-state index is -0.396. The Morgan fingerprint density at radius 3 is 2.91 bits per heavy atom. The van der Waals surface area contributed by atoms with Crippen LogP contribution >= 0.6 is 0 Å². The van der Waals surface area contributed by atoms with Gasteiger partial charge in [-0.15, -0.1) is 0 Å². The average molecular weight is 311 g/mol. The third-order valence-electron chi connectivity index (χ3n) is 2.89. The van der Waals surface area contributed by atoms with Gasteiger partial charge in [0.25, 0.3) is 0 Å². The van der Waals surface area contributed by atoms with Crippen molar-refractivity contribution < 1.29 is 4.74 Å². The van der Waals surface area contributed by atoms with Crippen LogP contribution in [0.3, 0.4) is 0 Å². The number of hydrazone groups is 1. The summed E-state index contributed by atoms with van der Waals surface area (Å²) in [6.07, 6.45) is 1.89. The predicted molar refractivity (Wildman–Crippen MR) is 87.5 cm³/mol. The van der Waals surface area contributed by atoms with Crippen LogP contribution in [0, 0.1) is 23.7 Å². The molecule has 0 saturated heterocycles. The fourth-order valence-electron chi connectivity index (χ4n) is 1.78. The van der Waals surface area contributed by atoms with Gasteiger partial charge >= 0.3 is 0 Å². The van der Waals surface area contributed by atoms with Crippen molar-refractivity contribution in [3.63, 3.8) is 0 Å². The van der Waals surface area contributed by atoms with Crippen molar-refractivity contribution in [2.75, 3.05) is 12.0 Å². The van der Waals surface area contributed by atoms with Crippen LogP contribution in [0.2, 0.25) is 0 Å². The monoisotopic (exact) mass is 311 g/mol. The molecule has 2 aromatic rings. The highest BCUT2D eigenvalue weighted by atomic mass is 16.5. The zero-order valence-electron chi connectivity index (χ0n) is 12.7. The van der Waals surface area contributed by atoms with Crippen molar-refractivity contribution in [1.82, 2.24) is 9.78 Å². The molecule has 1 heterocycles. The van der Waals surface area contributed by atoms with E-state index in [4.69, 9.17) is 21.1 Å². The summed E-state index contributed by atoms with van der Waals surface area (Å²) < 4.78 is 7.51. The average Bonchev–Trinajstić information content (AvgIpc) is 2.94. The van der Waals surface area contributed by atoms with E-state index in [9.17, 15) is 0 Å². The molecular weight excluding hydrogens is 294 g/mol. The molecule has 0 aliphatic heterocycles. The number of hydrogen-bond acceptors (Lipinski definition) is 6. The van der Waals surface area contributed by atoms with E-state index >= 15 is 0 Å². The van der Waals surface area contributed by atoms with Crippen LogP contribution in [0.15, 0.2) is 41.6 Å². The van der Waals surface area contributed by atoms with E-state index < -0.39 is 5.84 Å². The number of aromatic nitrogens is 2. The lowest BCUT2D eigenvalue weighted by Crippen LogP contribution is -2.22. The van der Waals surface area contributed by atoms with Crippen molar-refractivity contribution in [2.24, 2.45) is 10.8 Å². The second-order valence-corrected chi connectivity index (χ2v) is 4.66. The smallest absolute Gasteiger partial charge is 0.201 e. The Morgan fingerprint density at radius 1 is 1.48 bits per heavy atom. The van der Waals surface area contributed by atoms with Crippen LogP contribution in [-0.4, -0.2) is 27.9 Å². The molecule has 1 aromatic heterocycles. The lowest BCUT2D eigenvalue weighted by Gasteiger charge is -2.11. The van der Waals surface area contributed by atoms with Gasteiger partial charge in [-0.2, -0.15) is 15.5 Å². The highest BCUT2D eigenvalue weighted by molar-refractivity contribution is 6.45. The van der Waals surface area contributed by atoms with E-state index in [1.807, 2.05) is 25.3 Å². The maximum Gasteiger partial charge on any atom is 0.201 e. The molecule has 0 saturated carbocycles. The van der Waals surface area contributed by atoms with Gasteiger partial charge in [0.1, 0.15) is 18.4 Å². The Labute approximate surface area is 133 Å². The van der Waals surface area contributed by atoms with Gasteiger partial charge in [-0.1, -0.05) is 12.1 Å². The second kappa shape index (κ2) is 7.61. The SMILES string of the molecule is Cc1ccn(CCOc2ccccc2N/N=C(\C#N)C(=N)N)n1. The molecule has 4 N–H and O–H groups in total. The van der Waals surface area contributed by atoms with Gasteiger partial charge in [0.15, 0.2) is 5.84 Å². The first-order valence-electron chi connectivity index (χ1n) is 6.90. The van der Waals surface area contributed by atoms with Crippen LogP contribution in [0.25, 0.3) is 0 Å². The first kappa shape index (κ1) is 16.0. The molecule has 0 aliphatic carbocycles. The minimum absolute atomic E-state index is 0.188. The van der Waals surface area contributed by atoms with E-state index in [0.717, 1.165) is 5.69 Å². The summed E-state index contributed by atoms with van der Waals surface area (Å²) in [5.74, 6) is 0.188. The number of aryl methyl sites for hydroxylation is 1. The number of nitrogens with two attached hydrogens (primary N) is 1. The van der Waals surface area contributed by atoms with Crippen molar-refractivity contribution in [3.05, 3.63) is 42.2 Å². The standard InChI is InChI=1S/C15H17N7O/c1-11-6-7-22(21-11)8-9-23-14-5-3-2-4-12(14)19-20-13(10-16)15(17)18/h2-7,19H,8-9H2,1H3,(H3,17,18)/b20-13+. The molecule has 0 atom stereocenters. The summed E-state index contributed by atoms with van der Waals surface area (Å²) in [5, 5.41) is 24.1. The highest BCUT2D eigenvalue weighted by Crippen LogP contribution is 2.23. The summed E-state index contributed by atoms with van der Waals surface area (Å²) in [5.41, 5.74) is 9.29. The summed E-state index contributed by atoms with van der Waals surface area (Å²) >= 11 is 0. The summed E-state index contributed by atoms with van der Waals surface area (Å²) in [6, 6.07) is 10.8. The van der Waals surface area contributed by atoms with Crippen molar-refractivity contribution in [3.8, 4) is 11.8 Å². The Balaban J connectivity index is 2.00. The molecule has 8 nitrogen and oxygen atoms in total. The van der Waals surface area contributed by atoms with E-state index in [1.54, 1.807) is 29.0 Å². The summed E-state index contributed by atoms with van der Waals surface area (Å²) in [4.78, 5) is 0. The molecule has 23 heavy (non-hydrogen) atoms. The summed E-state index contributed by atoms with van der Waals surface area (Å²) in [7, 11) is 0. The third-order valence-corrected chi connectivity index (χ3v) is 2.89. The van der Waals surface area contributed by atoms with E-state index in [2.05, 4.69) is 15.6 Å². The van der Waals surface area contributed by atoms with Crippen molar-refractivity contribution in [1.29, 1.82) is 10.7 Å². The molecule has 0 amide bonds. The van der Waals surface area contributed by atoms with Crippen LogP contribution in [-0.2, 0) is 6.54 Å². The van der Waals surface area contributed by atoms with Crippen molar-refractivity contribution >= 4 is 17.2 Å². The highest BCUT2D eigenvalue weighted by Gasteiger charge is 2.05. The second-order valence-electron chi connectivity index (χ2n) is 4.66. The number of amidine groups is 1. The van der Waals surface area contributed by atoms with Gasteiger partial charge in [0.2, 0.25) is 5.71 Å². The fraction of sp³-hybridized carbons (Fsp3) is 0.200. The predicted octanol–water partition coefficient (Wildman–Crippen LogP) is 1.50. The quantitative estimate of drug-likeness (QED) is 0.406. The zero-order chi connectivity index (χ0) is 16.7. The van der Waals surface area contributed by atoms with Gasteiger partial charge < -0.3 is 10.5 Å². The first-order chi connectivity index (χ1) is 11.1. The van der Waals surface area contributed by atoms with Crippen molar-refractivity contribution in [2.45, 2.75) is 13.5 Å². The fourth-order valence-corrected chi connectivity index (χ4v) is 1.78. The molecule has 1 aromatic carbocycles. The maximum atomic E-state index is 8.83. The molecular formula is C15H17N7O. The molecule has 2 rings (SSSR count). The first-order valence-corrected chi connectivity index (χ1v) is 6.90. The van der Waals surface area contributed by atoms with E-state index in [1.165, 1.54) is 0 Å². The number of anilines is 1. The van der Waals surface area contributed by atoms with Gasteiger partial charge in [-0.25, -0.2) is 0 Å². The molecule has 0 unspecified atom stereocenters. The molecule has 118 valence electrons. The van der Waals surface area contributed by atoms with Crippen LogP contribution < -0.4 is 15.9 Å². The Bertz CT molecular complexity index is 757. The Morgan fingerprint density at radius 2 is 2.26 bits per heavy atom. The number of nitriles is 1. The Kier molecular flexibility index (Phi) is 5.30. The molecule has 0 spiro atoms. The minimum Gasteiger partial charge on any atom is -0.489 e. The number of hydrogen-bond donors (Lipinski definition) is 3. The maximum absolute atomic E-state index is 8.83. The molecule has 0 fully saturated rings. The molecule has 8 heteroatoms. The molecule has 0 aliphatic rings. The number of rotatable bonds is 7. The normalized spacial score (nSPS) is 10.9. The van der Waals surface area contributed by atoms with Crippen LogP contribution in [0.5, 0.6) is 5.75 Å². The number of para-hydroxylation sites is 2. The molecule has 0 bridgehead atoms. The van der Waals surface area contributed by atoms with E-state index in [-0.39, 0.29) is 5.71 Å². The number of nitrogens with one attached hydrogen (secondary N) is 2. The van der Waals surface area contributed by atoms with Crippen LogP contribution in [0.4, 0.5) is 5.69 Å². The Hall–Kier alpha value is -3.34. The third kappa shape index (κ3) is 4.57. The topological polar surface area (TPSA) is 125 Å².